The first kappa shape index (κ1) is 18.1. The normalized spacial score (nSPS) is 20.8. The van der Waals surface area contributed by atoms with Gasteiger partial charge in [-0.2, -0.15) is 0 Å². The molecule has 0 aliphatic carbocycles. The van der Waals surface area contributed by atoms with Crippen LogP contribution in [-0.4, -0.2) is 61.8 Å². The van der Waals surface area contributed by atoms with Gasteiger partial charge in [0.2, 0.25) is 5.65 Å². The Balaban J connectivity index is 1.70. The molecular formula is C16H22N6O4. The summed E-state index contributed by atoms with van der Waals surface area (Å²) in [5.41, 5.74) is 6.29. The molecule has 26 heavy (non-hydrogen) atoms. The van der Waals surface area contributed by atoms with Gasteiger partial charge in [-0.1, -0.05) is 0 Å². The summed E-state index contributed by atoms with van der Waals surface area (Å²) in [5.74, 6) is -1.29. The largest absolute Gasteiger partial charge is 0.444 e. The molecular weight excluding hydrogens is 340 g/mol. The highest BCUT2D eigenvalue weighted by molar-refractivity contribution is 5.77. The number of fused-ring (bicyclic) bond motifs is 1. The van der Waals surface area contributed by atoms with Crippen LogP contribution >= 0.6 is 0 Å². The van der Waals surface area contributed by atoms with Gasteiger partial charge in [-0.05, 0) is 49.4 Å². The molecule has 0 spiro atoms. The van der Waals surface area contributed by atoms with Crippen LogP contribution in [0.5, 0.6) is 0 Å². The molecule has 0 saturated carbocycles. The molecule has 1 fully saturated rings. The monoisotopic (exact) mass is 362 g/mol. The number of nitrogens with zero attached hydrogens (tertiary/aromatic N) is 5. The third-order valence-corrected chi connectivity index (χ3v) is 3.98. The number of pyridine rings is 1. The summed E-state index contributed by atoms with van der Waals surface area (Å²) >= 11 is 0. The Morgan fingerprint density at radius 2 is 2.12 bits per heavy atom. The lowest BCUT2D eigenvalue weighted by Crippen LogP contribution is -2.54. The number of hydrogen-bond donors (Lipinski definition) is 1. The van der Waals surface area contributed by atoms with E-state index in [2.05, 4.69) is 15.3 Å². The average Bonchev–Trinajstić information content (AvgIpc) is 2.96. The minimum absolute atomic E-state index is 0.120. The van der Waals surface area contributed by atoms with Crippen molar-refractivity contribution >= 4 is 23.2 Å². The van der Waals surface area contributed by atoms with Gasteiger partial charge in [0.05, 0.1) is 5.92 Å². The molecule has 0 aromatic carbocycles. The number of carbonyl (C=O) groups is 2. The van der Waals surface area contributed by atoms with Crippen LogP contribution in [0, 0.1) is 5.92 Å². The fourth-order valence-electron chi connectivity index (χ4n) is 2.67. The Labute approximate surface area is 150 Å². The maximum Gasteiger partial charge on any atom is 0.410 e. The summed E-state index contributed by atoms with van der Waals surface area (Å²) < 4.78 is 5.36. The molecule has 1 aliphatic heterocycles. The second-order valence-electron chi connectivity index (χ2n) is 7.20. The number of likely N-dealkylation sites (tertiary alicyclic amines) is 1. The molecule has 1 aliphatic rings. The quantitative estimate of drug-likeness (QED) is 0.759. The lowest BCUT2D eigenvalue weighted by molar-refractivity contribution is -0.152. The highest BCUT2D eigenvalue weighted by atomic mass is 16.7. The van der Waals surface area contributed by atoms with Crippen LogP contribution in [0.15, 0.2) is 18.3 Å². The van der Waals surface area contributed by atoms with E-state index in [1.165, 1.54) is 4.90 Å². The van der Waals surface area contributed by atoms with E-state index >= 15 is 0 Å². The molecule has 140 valence electrons. The summed E-state index contributed by atoms with van der Waals surface area (Å²) in [5, 5.41) is 7.65. The van der Waals surface area contributed by atoms with Crippen molar-refractivity contribution in [3.8, 4) is 0 Å². The zero-order chi connectivity index (χ0) is 18.9. The molecule has 10 heteroatoms. The first-order chi connectivity index (χ1) is 12.2. The van der Waals surface area contributed by atoms with Crippen LogP contribution in [0.1, 0.15) is 27.2 Å². The molecule has 2 aromatic rings. The average molecular weight is 362 g/mol. The number of piperidine rings is 1. The Morgan fingerprint density at radius 1 is 1.35 bits per heavy atom. The van der Waals surface area contributed by atoms with Crippen LogP contribution in [0.2, 0.25) is 0 Å². The minimum atomic E-state index is -0.695. The maximum atomic E-state index is 12.6. The van der Waals surface area contributed by atoms with E-state index in [9.17, 15) is 9.59 Å². The second kappa shape index (κ2) is 6.87. The Kier molecular flexibility index (Phi) is 4.77. The zero-order valence-corrected chi connectivity index (χ0v) is 15.0. The van der Waals surface area contributed by atoms with E-state index in [1.807, 2.05) is 0 Å². The zero-order valence-electron chi connectivity index (χ0n) is 15.0. The highest BCUT2D eigenvalue weighted by Crippen LogP contribution is 2.19. The van der Waals surface area contributed by atoms with Gasteiger partial charge in [0, 0.05) is 25.3 Å². The van der Waals surface area contributed by atoms with Crippen LogP contribution in [0.4, 0.5) is 4.79 Å². The van der Waals surface area contributed by atoms with Gasteiger partial charge in [-0.15, -0.1) is 5.10 Å². The van der Waals surface area contributed by atoms with Crippen molar-refractivity contribution in [2.24, 2.45) is 11.7 Å². The summed E-state index contributed by atoms with van der Waals surface area (Å²) in [6, 6.07) is 2.98. The van der Waals surface area contributed by atoms with Gasteiger partial charge in [-0.25, -0.2) is 14.6 Å². The lowest BCUT2D eigenvalue weighted by Gasteiger charge is -2.36. The number of carbonyl (C=O) groups excluding carboxylic acids is 2. The van der Waals surface area contributed by atoms with Crippen molar-refractivity contribution in [3.05, 3.63) is 18.3 Å². The van der Waals surface area contributed by atoms with Crippen molar-refractivity contribution in [2.45, 2.75) is 38.8 Å². The third-order valence-electron chi connectivity index (χ3n) is 3.98. The molecule has 10 nitrogen and oxygen atoms in total. The number of aromatic nitrogens is 4. The van der Waals surface area contributed by atoms with Crippen molar-refractivity contribution in [2.75, 3.05) is 13.1 Å². The molecule has 0 unspecified atom stereocenters. The van der Waals surface area contributed by atoms with Crippen molar-refractivity contribution in [1.29, 1.82) is 0 Å². The van der Waals surface area contributed by atoms with Crippen molar-refractivity contribution in [1.82, 2.24) is 25.0 Å². The molecule has 1 amide bonds. The smallest absolute Gasteiger partial charge is 0.410 e. The Hall–Kier alpha value is -2.75. The third kappa shape index (κ3) is 3.90. The highest BCUT2D eigenvalue weighted by Gasteiger charge is 2.37. The van der Waals surface area contributed by atoms with Gasteiger partial charge < -0.3 is 20.2 Å². The van der Waals surface area contributed by atoms with Gasteiger partial charge >= 0.3 is 12.1 Å². The van der Waals surface area contributed by atoms with E-state index in [0.29, 0.717) is 24.1 Å². The molecule has 2 N–H and O–H groups in total. The molecule has 2 atom stereocenters. The number of rotatable bonds is 2. The summed E-state index contributed by atoms with van der Waals surface area (Å²) in [6.45, 7) is 5.90. The van der Waals surface area contributed by atoms with Crippen molar-refractivity contribution < 1.29 is 19.2 Å². The number of hydrogen-bond acceptors (Lipinski definition) is 8. The predicted molar refractivity (Wildman–Crippen MR) is 90.8 cm³/mol. The first-order valence-electron chi connectivity index (χ1n) is 8.37. The van der Waals surface area contributed by atoms with Crippen LogP contribution in [0.3, 0.4) is 0 Å². The standard InChI is InChI=1S/C16H22N6O4/c1-16(2,3)25-15(24)21-8-6-11(17)10(9-21)14(23)26-22-13-12(19-20-22)5-4-7-18-13/h4-5,7,10-11H,6,8-9,17H2,1-3H3/t10-,11-/m0/s1. The molecule has 1 saturated heterocycles. The fourth-order valence-corrected chi connectivity index (χ4v) is 2.67. The summed E-state index contributed by atoms with van der Waals surface area (Å²) in [6.07, 6.45) is 1.54. The Morgan fingerprint density at radius 3 is 2.85 bits per heavy atom. The molecule has 0 bridgehead atoms. The minimum Gasteiger partial charge on any atom is -0.444 e. The van der Waals surface area contributed by atoms with E-state index in [0.717, 1.165) is 4.85 Å². The molecule has 3 heterocycles. The second-order valence-corrected chi connectivity index (χ2v) is 7.20. The van der Waals surface area contributed by atoms with Crippen LogP contribution in [-0.2, 0) is 9.53 Å². The van der Waals surface area contributed by atoms with Crippen LogP contribution < -0.4 is 10.6 Å². The van der Waals surface area contributed by atoms with E-state index in [4.69, 9.17) is 15.3 Å². The van der Waals surface area contributed by atoms with E-state index in [1.54, 1.807) is 39.1 Å². The van der Waals surface area contributed by atoms with Gasteiger partial charge in [0.15, 0.2) is 0 Å². The molecule has 2 aromatic heterocycles. The maximum absolute atomic E-state index is 12.6. The topological polar surface area (TPSA) is 125 Å². The van der Waals surface area contributed by atoms with Gasteiger partial charge in [0.1, 0.15) is 11.1 Å². The molecule has 3 rings (SSSR count). The predicted octanol–water partition coefficient (Wildman–Crippen LogP) is 0.366. The first-order valence-corrected chi connectivity index (χ1v) is 8.37. The van der Waals surface area contributed by atoms with Gasteiger partial charge in [0.25, 0.3) is 0 Å². The number of amides is 1. The van der Waals surface area contributed by atoms with Gasteiger partial charge in [-0.3, -0.25) is 0 Å². The van der Waals surface area contributed by atoms with E-state index in [-0.39, 0.29) is 6.54 Å². The summed E-state index contributed by atoms with van der Waals surface area (Å²) in [4.78, 5) is 36.6. The Bertz CT molecular complexity index is 814. The number of ether oxygens (including phenoxy) is 1. The molecule has 0 radical (unpaired) electrons. The fraction of sp³-hybridized carbons (Fsp3) is 0.562. The number of nitrogens with two attached hydrogens (primary N) is 1. The van der Waals surface area contributed by atoms with E-state index < -0.39 is 29.6 Å². The van der Waals surface area contributed by atoms with Crippen molar-refractivity contribution in [3.63, 3.8) is 0 Å². The van der Waals surface area contributed by atoms with Crippen LogP contribution in [0.25, 0.3) is 11.2 Å². The lowest BCUT2D eigenvalue weighted by atomic mass is 9.93. The summed E-state index contributed by atoms with van der Waals surface area (Å²) in [7, 11) is 0. The SMILES string of the molecule is CC(C)(C)OC(=O)N1CC[C@H](N)[C@@H](C(=O)On2nnc3cccnc32)C1.